The van der Waals surface area contributed by atoms with E-state index in [1.807, 2.05) is 6.92 Å². The van der Waals surface area contributed by atoms with E-state index in [9.17, 15) is 0 Å². The van der Waals surface area contributed by atoms with E-state index in [1.54, 1.807) is 7.11 Å². The van der Waals surface area contributed by atoms with Gasteiger partial charge in [-0.3, -0.25) is 0 Å². The van der Waals surface area contributed by atoms with E-state index in [0.29, 0.717) is 5.15 Å². The van der Waals surface area contributed by atoms with Crippen LogP contribution in [0.2, 0.25) is 5.15 Å². The summed E-state index contributed by atoms with van der Waals surface area (Å²) in [4.78, 5) is 8.94. The SMILES string of the molecule is COCCCCNc1nc(C(C)(C)C)nc(Cl)c1C. The number of nitrogens with zero attached hydrogens (tertiary/aromatic N) is 2. The van der Waals surface area contributed by atoms with Gasteiger partial charge in [-0.2, -0.15) is 0 Å². The van der Waals surface area contributed by atoms with Crippen molar-refractivity contribution in [1.82, 2.24) is 9.97 Å². The Labute approximate surface area is 120 Å². The van der Waals surface area contributed by atoms with Crippen LogP contribution in [0.5, 0.6) is 0 Å². The molecule has 1 aromatic rings. The standard InChI is InChI=1S/C14H24ClN3O/c1-10-11(15)17-13(14(2,3)4)18-12(10)16-8-6-7-9-19-5/h6-9H2,1-5H3,(H,16,17,18). The zero-order chi connectivity index (χ0) is 14.5. The minimum absolute atomic E-state index is 0.107. The Kier molecular flexibility index (Phi) is 6.01. The maximum absolute atomic E-state index is 6.18. The monoisotopic (exact) mass is 285 g/mol. The van der Waals surface area contributed by atoms with Crippen LogP contribution >= 0.6 is 11.6 Å². The Hall–Kier alpha value is -0.870. The third-order valence-corrected chi connectivity index (χ3v) is 3.19. The van der Waals surface area contributed by atoms with Crippen LogP contribution in [0.4, 0.5) is 5.82 Å². The summed E-state index contributed by atoms with van der Waals surface area (Å²) in [5, 5.41) is 3.86. The number of unbranched alkanes of at least 4 members (excludes halogenated alkanes) is 1. The number of rotatable bonds is 6. The van der Waals surface area contributed by atoms with Gasteiger partial charge < -0.3 is 10.1 Å². The van der Waals surface area contributed by atoms with Gasteiger partial charge in [0, 0.05) is 31.2 Å². The molecule has 0 unspecified atom stereocenters. The van der Waals surface area contributed by atoms with E-state index in [2.05, 4.69) is 36.1 Å². The van der Waals surface area contributed by atoms with E-state index in [4.69, 9.17) is 16.3 Å². The van der Waals surface area contributed by atoms with Gasteiger partial charge in [-0.15, -0.1) is 0 Å². The summed E-state index contributed by atoms with van der Waals surface area (Å²) >= 11 is 6.18. The van der Waals surface area contributed by atoms with Crippen molar-refractivity contribution in [3.8, 4) is 0 Å². The fourth-order valence-electron chi connectivity index (χ4n) is 1.57. The van der Waals surface area contributed by atoms with Crippen molar-refractivity contribution in [3.05, 3.63) is 16.5 Å². The molecule has 0 saturated heterocycles. The van der Waals surface area contributed by atoms with Crippen LogP contribution in [0, 0.1) is 6.92 Å². The van der Waals surface area contributed by atoms with E-state index in [0.717, 1.165) is 43.2 Å². The molecule has 5 heteroatoms. The van der Waals surface area contributed by atoms with Gasteiger partial charge in [0.25, 0.3) is 0 Å². The highest BCUT2D eigenvalue weighted by Gasteiger charge is 2.20. The van der Waals surface area contributed by atoms with E-state index in [-0.39, 0.29) is 5.41 Å². The molecular formula is C14H24ClN3O. The number of methoxy groups -OCH3 is 1. The molecule has 0 bridgehead atoms. The van der Waals surface area contributed by atoms with Crippen molar-refractivity contribution in [1.29, 1.82) is 0 Å². The van der Waals surface area contributed by atoms with Crippen LogP contribution in [0.15, 0.2) is 0 Å². The van der Waals surface area contributed by atoms with E-state index >= 15 is 0 Å². The average molecular weight is 286 g/mol. The van der Waals surface area contributed by atoms with Crippen LogP contribution in [-0.2, 0) is 10.2 Å². The quantitative estimate of drug-likeness (QED) is 0.641. The summed E-state index contributed by atoms with van der Waals surface area (Å²) in [7, 11) is 1.72. The molecule has 0 amide bonds. The minimum Gasteiger partial charge on any atom is -0.385 e. The Morgan fingerprint density at radius 1 is 1.21 bits per heavy atom. The molecule has 4 nitrogen and oxygen atoms in total. The predicted octanol–water partition coefficient (Wildman–Crippen LogP) is 3.57. The van der Waals surface area contributed by atoms with Crippen molar-refractivity contribution >= 4 is 17.4 Å². The number of anilines is 1. The molecular weight excluding hydrogens is 262 g/mol. The number of nitrogens with one attached hydrogen (secondary N) is 1. The Balaban J connectivity index is 2.74. The fraction of sp³-hybridized carbons (Fsp3) is 0.714. The summed E-state index contributed by atoms with van der Waals surface area (Å²) in [6, 6.07) is 0. The number of ether oxygens (including phenoxy) is 1. The maximum atomic E-state index is 6.18. The molecule has 1 N–H and O–H groups in total. The lowest BCUT2D eigenvalue weighted by molar-refractivity contribution is 0.194. The summed E-state index contributed by atoms with van der Waals surface area (Å²) < 4.78 is 5.03. The second-order valence-corrected chi connectivity index (χ2v) is 6.05. The molecule has 0 aliphatic rings. The molecule has 19 heavy (non-hydrogen) atoms. The highest BCUT2D eigenvalue weighted by molar-refractivity contribution is 6.30. The highest BCUT2D eigenvalue weighted by Crippen LogP contribution is 2.25. The van der Waals surface area contributed by atoms with E-state index in [1.165, 1.54) is 0 Å². The summed E-state index contributed by atoms with van der Waals surface area (Å²) in [5.41, 5.74) is 0.797. The van der Waals surface area contributed by atoms with Crippen molar-refractivity contribution in [3.63, 3.8) is 0 Å². The molecule has 0 aliphatic carbocycles. The van der Waals surface area contributed by atoms with E-state index < -0.39 is 0 Å². The largest absolute Gasteiger partial charge is 0.385 e. The van der Waals surface area contributed by atoms with Gasteiger partial charge in [0.05, 0.1) is 0 Å². The van der Waals surface area contributed by atoms with Crippen molar-refractivity contribution in [2.75, 3.05) is 25.6 Å². The lowest BCUT2D eigenvalue weighted by Gasteiger charge is -2.19. The van der Waals surface area contributed by atoms with Crippen LogP contribution < -0.4 is 5.32 Å². The topological polar surface area (TPSA) is 47.0 Å². The predicted molar refractivity (Wildman–Crippen MR) is 80.1 cm³/mol. The number of aromatic nitrogens is 2. The van der Waals surface area contributed by atoms with Gasteiger partial charge in [-0.25, -0.2) is 9.97 Å². The average Bonchev–Trinajstić information content (AvgIpc) is 2.32. The van der Waals surface area contributed by atoms with Crippen molar-refractivity contribution < 1.29 is 4.74 Å². The second-order valence-electron chi connectivity index (χ2n) is 5.69. The van der Waals surface area contributed by atoms with Gasteiger partial charge >= 0.3 is 0 Å². The molecule has 1 rings (SSSR count). The summed E-state index contributed by atoms with van der Waals surface area (Å²) in [6.07, 6.45) is 2.08. The first kappa shape index (κ1) is 16.2. The highest BCUT2D eigenvalue weighted by atomic mass is 35.5. The number of halogens is 1. The molecule has 0 radical (unpaired) electrons. The van der Waals surface area contributed by atoms with Crippen LogP contribution in [0.1, 0.15) is 45.0 Å². The zero-order valence-electron chi connectivity index (χ0n) is 12.5. The van der Waals surface area contributed by atoms with Gasteiger partial charge in [-0.1, -0.05) is 32.4 Å². The van der Waals surface area contributed by atoms with Gasteiger partial charge in [-0.05, 0) is 19.8 Å². The van der Waals surface area contributed by atoms with Crippen molar-refractivity contribution in [2.24, 2.45) is 0 Å². The van der Waals surface area contributed by atoms with Gasteiger partial charge in [0.2, 0.25) is 0 Å². The van der Waals surface area contributed by atoms with Gasteiger partial charge in [0.15, 0.2) is 0 Å². The molecule has 0 saturated carbocycles. The minimum atomic E-state index is -0.107. The number of hydrogen-bond donors (Lipinski definition) is 1. The molecule has 1 heterocycles. The fourth-order valence-corrected chi connectivity index (χ4v) is 1.74. The molecule has 0 aromatic carbocycles. The molecule has 0 aliphatic heterocycles. The molecule has 0 spiro atoms. The molecule has 1 aromatic heterocycles. The molecule has 0 fully saturated rings. The molecule has 108 valence electrons. The van der Waals surface area contributed by atoms with Gasteiger partial charge in [0.1, 0.15) is 16.8 Å². The Morgan fingerprint density at radius 3 is 2.47 bits per heavy atom. The zero-order valence-corrected chi connectivity index (χ0v) is 13.3. The first-order chi connectivity index (χ1) is 8.86. The van der Waals surface area contributed by atoms with Crippen molar-refractivity contribution in [2.45, 2.75) is 46.0 Å². The third kappa shape index (κ3) is 4.96. The lowest BCUT2D eigenvalue weighted by atomic mass is 9.95. The Bertz CT molecular complexity index is 416. The lowest BCUT2D eigenvalue weighted by Crippen LogP contribution is -2.18. The van der Waals surface area contributed by atoms with Crippen LogP contribution in [0.3, 0.4) is 0 Å². The summed E-state index contributed by atoms with van der Waals surface area (Å²) in [6.45, 7) is 9.83. The summed E-state index contributed by atoms with van der Waals surface area (Å²) in [5.74, 6) is 1.60. The first-order valence-corrected chi connectivity index (χ1v) is 7.01. The molecule has 0 atom stereocenters. The van der Waals surface area contributed by atoms with Crippen LogP contribution in [-0.4, -0.2) is 30.2 Å². The van der Waals surface area contributed by atoms with Crippen LogP contribution in [0.25, 0.3) is 0 Å². The normalized spacial score (nSPS) is 11.7. The maximum Gasteiger partial charge on any atom is 0.137 e. The first-order valence-electron chi connectivity index (χ1n) is 6.63. The number of hydrogen-bond acceptors (Lipinski definition) is 4. The third-order valence-electron chi connectivity index (χ3n) is 2.82. The smallest absolute Gasteiger partial charge is 0.137 e. The Morgan fingerprint density at radius 2 is 1.89 bits per heavy atom. The second kappa shape index (κ2) is 7.06.